The number of tetrazole rings is 1. The van der Waals surface area contributed by atoms with Crippen LogP contribution in [-0.2, 0) is 0 Å². The van der Waals surface area contributed by atoms with Crippen LogP contribution in [0.3, 0.4) is 0 Å². The molecule has 1 fully saturated rings. The third-order valence-electron chi connectivity index (χ3n) is 5.01. The molecule has 25 heavy (non-hydrogen) atoms. The van der Waals surface area contributed by atoms with Gasteiger partial charge in [-0.1, -0.05) is 13.8 Å². The summed E-state index contributed by atoms with van der Waals surface area (Å²) in [5.41, 5.74) is 0.892. The number of aliphatic imine (C=N–C) groups is 1. The lowest BCUT2D eigenvalue weighted by Crippen LogP contribution is -2.50. The average molecular weight is 340 g/mol. The standard InChI is InChI=1S/C18H24N6O/c1-12(2)11-16-17(19-13-6-8-14(25-3)9-7-13)24-18(20-21-22-24)15-5-4-10-23(15)16/h6-9,12,15-16H,4-5,10-11H2,1-3H3/t15?,16-/m0/s1. The van der Waals surface area contributed by atoms with Gasteiger partial charge in [-0.3, -0.25) is 4.90 Å². The average Bonchev–Trinajstić information content (AvgIpc) is 3.26. The number of nitrogens with zero attached hydrogens (tertiary/aromatic N) is 6. The molecule has 1 saturated heterocycles. The summed E-state index contributed by atoms with van der Waals surface area (Å²) in [7, 11) is 1.67. The Morgan fingerprint density at radius 3 is 2.80 bits per heavy atom. The molecule has 0 N–H and O–H groups in total. The summed E-state index contributed by atoms with van der Waals surface area (Å²) in [4.78, 5) is 7.48. The number of methoxy groups -OCH3 is 1. The van der Waals surface area contributed by atoms with Gasteiger partial charge in [0.25, 0.3) is 0 Å². The van der Waals surface area contributed by atoms with Crippen LogP contribution < -0.4 is 4.74 Å². The van der Waals surface area contributed by atoms with Crippen LogP contribution in [0.5, 0.6) is 5.75 Å². The van der Waals surface area contributed by atoms with Crippen LogP contribution in [0, 0.1) is 5.92 Å². The van der Waals surface area contributed by atoms with Crippen LogP contribution in [-0.4, -0.2) is 50.6 Å². The van der Waals surface area contributed by atoms with Crippen molar-refractivity contribution >= 4 is 11.5 Å². The van der Waals surface area contributed by atoms with Crippen molar-refractivity contribution in [2.75, 3.05) is 13.7 Å². The summed E-state index contributed by atoms with van der Waals surface area (Å²) < 4.78 is 7.10. The molecule has 1 unspecified atom stereocenters. The van der Waals surface area contributed by atoms with Crippen LogP contribution in [0.4, 0.5) is 5.69 Å². The molecule has 1 aromatic heterocycles. The Hall–Kier alpha value is -2.28. The molecular weight excluding hydrogens is 316 g/mol. The van der Waals surface area contributed by atoms with E-state index in [-0.39, 0.29) is 6.04 Å². The highest BCUT2D eigenvalue weighted by Gasteiger charge is 2.43. The van der Waals surface area contributed by atoms with Gasteiger partial charge >= 0.3 is 0 Å². The number of aromatic nitrogens is 4. The summed E-state index contributed by atoms with van der Waals surface area (Å²) in [5, 5.41) is 12.5. The highest BCUT2D eigenvalue weighted by molar-refractivity contribution is 5.92. The quantitative estimate of drug-likeness (QED) is 0.856. The van der Waals surface area contributed by atoms with Crippen LogP contribution in [0.1, 0.15) is 45.0 Å². The second kappa shape index (κ2) is 6.55. The van der Waals surface area contributed by atoms with E-state index in [1.54, 1.807) is 7.11 Å². The first-order valence-electron chi connectivity index (χ1n) is 8.94. The molecule has 3 heterocycles. The van der Waals surface area contributed by atoms with Gasteiger partial charge in [0.2, 0.25) is 0 Å². The monoisotopic (exact) mass is 340 g/mol. The Bertz CT molecular complexity index is 766. The van der Waals surface area contributed by atoms with E-state index >= 15 is 0 Å². The van der Waals surface area contributed by atoms with Crippen molar-refractivity contribution < 1.29 is 4.74 Å². The molecule has 0 aliphatic carbocycles. The van der Waals surface area contributed by atoms with E-state index in [9.17, 15) is 0 Å². The van der Waals surface area contributed by atoms with Crippen molar-refractivity contribution in [1.82, 2.24) is 25.1 Å². The van der Waals surface area contributed by atoms with Crippen molar-refractivity contribution in [3.05, 3.63) is 30.1 Å². The van der Waals surface area contributed by atoms with Crippen molar-refractivity contribution in [2.24, 2.45) is 10.9 Å². The molecule has 0 bridgehead atoms. The van der Waals surface area contributed by atoms with E-state index in [0.717, 1.165) is 42.5 Å². The number of rotatable bonds is 4. The van der Waals surface area contributed by atoms with Gasteiger partial charge in [0.15, 0.2) is 11.7 Å². The second-order valence-electron chi connectivity index (χ2n) is 7.16. The number of hydrogen-bond acceptors (Lipinski definition) is 6. The van der Waals surface area contributed by atoms with Crippen molar-refractivity contribution in [3.8, 4) is 5.75 Å². The Labute approximate surface area is 147 Å². The second-order valence-corrected chi connectivity index (χ2v) is 7.16. The predicted octanol–water partition coefficient (Wildman–Crippen LogP) is 2.83. The summed E-state index contributed by atoms with van der Waals surface area (Å²) in [6.07, 6.45) is 3.34. The van der Waals surface area contributed by atoms with Gasteiger partial charge in [-0.2, -0.15) is 4.68 Å². The van der Waals surface area contributed by atoms with Gasteiger partial charge in [-0.05, 0) is 66.4 Å². The third-order valence-corrected chi connectivity index (χ3v) is 5.01. The van der Waals surface area contributed by atoms with Crippen molar-refractivity contribution in [1.29, 1.82) is 0 Å². The molecular formula is C18H24N6O. The summed E-state index contributed by atoms with van der Waals surface area (Å²) in [6, 6.07) is 8.35. The number of ether oxygens (including phenoxy) is 1. The minimum Gasteiger partial charge on any atom is -0.497 e. The van der Waals surface area contributed by atoms with E-state index < -0.39 is 0 Å². The molecule has 7 heteroatoms. The molecule has 2 aliphatic heterocycles. The highest BCUT2D eigenvalue weighted by atomic mass is 16.5. The van der Waals surface area contributed by atoms with E-state index in [2.05, 4.69) is 34.3 Å². The van der Waals surface area contributed by atoms with E-state index in [0.29, 0.717) is 12.0 Å². The SMILES string of the molecule is COc1ccc(N=C2[C@H](CC(C)C)N3CCCC3c3nnnn32)cc1. The Morgan fingerprint density at radius 2 is 2.08 bits per heavy atom. The van der Waals surface area contributed by atoms with Crippen LogP contribution in [0.2, 0.25) is 0 Å². The van der Waals surface area contributed by atoms with Crippen LogP contribution in [0.25, 0.3) is 0 Å². The minimum absolute atomic E-state index is 0.241. The molecule has 7 nitrogen and oxygen atoms in total. The zero-order valence-electron chi connectivity index (χ0n) is 15.0. The van der Waals surface area contributed by atoms with Gasteiger partial charge in [-0.15, -0.1) is 5.10 Å². The third kappa shape index (κ3) is 2.93. The lowest BCUT2D eigenvalue weighted by Gasteiger charge is -2.38. The summed E-state index contributed by atoms with van der Waals surface area (Å²) in [5.74, 6) is 3.25. The lowest BCUT2D eigenvalue weighted by molar-refractivity contribution is 0.178. The highest BCUT2D eigenvalue weighted by Crippen LogP contribution is 2.38. The molecule has 132 valence electrons. The molecule has 1 aromatic carbocycles. The molecule has 2 atom stereocenters. The predicted molar refractivity (Wildman–Crippen MR) is 95.2 cm³/mol. The fourth-order valence-electron chi connectivity index (χ4n) is 3.89. The zero-order valence-corrected chi connectivity index (χ0v) is 15.0. The number of fused-ring (bicyclic) bond motifs is 3. The van der Waals surface area contributed by atoms with Crippen molar-refractivity contribution in [3.63, 3.8) is 0 Å². The van der Waals surface area contributed by atoms with Gasteiger partial charge in [0.1, 0.15) is 5.75 Å². The molecule has 4 rings (SSSR count). The summed E-state index contributed by atoms with van der Waals surface area (Å²) >= 11 is 0. The lowest BCUT2D eigenvalue weighted by atomic mass is 9.98. The molecule has 0 amide bonds. The fourth-order valence-corrected chi connectivity index (χ4v) is 3.89. The number of benzene rings is 1. The molecule has 2 aromatic rings. The smallest absolute Gasteiger partial charge is 0.175 e. The minimum atomic E-state index is 0.241. The summed E-state index contributed by atoms with van der Waals surface area (Å²) in [6.45, 7) is 5.59. The normalized spacial score (nSPS) is 24.6. The van der Waals surface area contributed by atoms with Gasteiger partial charge in [0.05, 0.1) is 24.9 Å². The van der Waals surface area contributed by atoms with E-state index in [1.165, 1.54) is 6.42 Å². The zero-order chi connectivity index (χ0) is 17.4. The van der Waals surface area contributed by atoms with Gasteiger partial charge in [0, 0.05) is 0 Å². The molecule has 0 saturated carbocycles. The van der Waals surface area contributed by atoms with Crippen LogP contribution >= 0.6 is 0 Å². The maximum atomic E-state index is 5.24. The van der Waals surface area contributed by atoms with Gasteiger partial charge in [-0.25, -0.2) is 4.99 Å². The maximum Gasteiger partial charge on any atom is 0.175 e. The van der Waals surface area contributed by atoms with Gasteiger partial charge < -0.3 is 4.74 Å². The maximum absolute atomic E-state index is 5.24. The first kappa shape index (κ1) is 16.2. The molecule has 0 radical (unpaired) electrons. The first-order chi connectivity index (χ1) is 12.2. The fraction of sp³-hybridized carbons (Fsp3) is 0.556. The van der Waals surface area contributed by atoms with E-state index in [1.807, 2.05) is 28.9 Å². The molecule has 0 spiro atoms. The topological polar surface area (TPSA) is 68.4 Å². The largest absolute Gasteiger partial charge is 0.497 e. The molecule has 2 aliphatic rings. The Morgan fingerprint density at radius 1 is 1.28 bits per heavy atom. The number of hydrogen-bond donors (Lipinski definition) is 0. The van der Waals surface area contributed by atoms with Crippen molar-refractivity contribution in [2.45, 2.75) is 45.2 Å². The van der Waals surface area contributed by atoms with Crippen LogP contribution in [0.15, 0.2) is 29.3 Å². The Balaban J connectivity index is 1.78. The van der Waals surface area contributed by atoms with E-state index in [4.69, 9.17) is 9.73 Å². The first-order valence-corrected chi connectivity index (χ1v) is 8.94. The Kier molecular flexibility index (Phi) is 4.25.